The first-order valence-corrected chi connectivity index (χ1v) is 8.33. The number of aromatic nitrogens is 5. The van der Waals surface area contributed by atoms with Gasteiger partial charge in [-0.3, -0.25) is 15.0 Å². The van der Waals surface area contributed by atoms with Crippen molar-refractivity contribution in [1.82, 2.24) is 24.9 Å². The summed E-state index contributed by atoms with van der Waals surface area (Å²) in [7, 11) is 0. The van der Waals surface area contributed by atoms with Crippen LogP contribution in [0.15, 0.2) is 49.2 Å². The second-order valence-corrected chi connectivity index (χ2v) is 5.68. The minimum atomic E-state index is 0.807. The predicted octanol–water partition coefficient (Wildman–Crippen LogP) is 2.79. The molecule has 5 heteroatoms. The lowest BCUT2D eigenvalue weighted by molar-refractivity contribution is 0.825. The van der Waals surface area contributed by atoms with Crippen LogP contribution in [0.2, 0.25) is 0 Å². The summed E-state index contributed by atoms with van der Waals surface area (Å²) in [6, 6.07) is 6.07. The third-order valence-electron chi connectivity index (χ3n) is 3.87. The molecule has 0 aliphatic rings. The van der Waals surface area contributed by atoms with Crippen molar-refractivity contribution in [2.45, 2.75) is 39.0 Å². The molecule has 0 radical (unpaired) electrons. The van der Waals surface area contributed by atoms with E-state index in [1.807, 2.05) is 24.7 Å². The highest BCUT2D eigenvalue weighted by molar-refractivity contribution is 5.18. The van der Waals surface area contributed by atoms with Gasteiger partial charge in [0.05, 0.1) is 11.4 Å². The molecule has 0 aliphatic heterocycles. The summed E-state index contributed by atoms with van der Waals surface area (Å²) in [4.78, 5) is 21.8. The second kappa shape index (κ2) is 8.24. The molecule has 0 amide bonds. The van der Waals surface area contributed by atoms with Gasteiger partial charge in [0.1, 0.15) is 5.82 Å². The molecule has 3 aromatic rings. The Bertz CT molecular complexity index is 773. The van der Waals surface area contributed by atoms with Gasteiger partial charge in [-0.2, -0.15) is 0 Å². The van der Waals surface area contributed by atoms with E-state index in [2.05, 4.69) is 44.0 Å². The van der Waals surface area contributed by atoms with Crippen LogP contribution < -0.4 is 0 Å². The Labute approximate surface area is 142 Å². The first-order chi connectivity index (χ1) is 11.8. The first-order valence-electron chi connectivity index (χ1n) is 8.33. The van der Waals surface area contributed by atoms with E-state index in [0.29, 0.717) is 0 Å². The zero-order valence-corrected chi connectivity index (χ0v) is 13.9. The Morgan fingerprint density at radius 3 is 2.42 bits per heavy atom. The maximum atomic E-state index is 4.61. The van der Waals surface area contributed by atoms with Gasteiger partial charge in [0, 0.05) is 43.1 Å². The molecule has 0 atom stereocenters. The Kier molecular flexibility index (Phi) is 5.56. The highest BCUT2D eigenvalue weighted by atomic mass is 14.8. The molecular weight excluding hydrogens is 298 g/mol. The van der Waals surface area contributed by atoms with Crippen molar-refractivity contribution in [2.24, 2.45) is 0 Å². The fourth-order valence-corrected chi connectivity index (χ4v) is 2.53. The summed E-state index contributed by atoms with van der Waals surface area (Å²) in [5.74, 6) is 0.858. The van der Waals surface area contributed by atoms with Crippen molar-refractivity contribution in [3.05, 3.63) is 77.7 Å². The van der Waals surface area contributed by atoms with Crippen LogP contribution >= 0.6 is 0 Å². The van der Waals surface area contributed by atoms with E-state index in [4.69, 9.17) is 0 Å². The van der Waals surface area contributed by atoms with Gasteiger partial charge in [0.25, 0.3) is 0 Å². The standard InChI is InChI=1S/C19H21N5/c1-2-16-13-20-14-18(24-16)5-4-15-8-11-21-17(12-15)6-7-19-22-9-3-10-23-19/h3,8-14H,2,4-7H2,1H3. The number of rotatable bonds is 7. The van der Waals surface area contributed by atoms with Crippen molar-refractivity contribution in [2.75, 3.05) is 0 Å². The predicted molar refractivity (Wildman–Crippen MR) is 92.5 cm³/mol. The lowest BCUT2D eigenvalue weighted by Gasteiger charge is -2.05. The van der Waals surface area contributed by atoms with Crippen LogP contribution in [-0.4, -0.2) is 24.9 Å². The molecule has 3 aromatic heterocycles. The van der Waals surface area contributed by atoms with E-state index in [0.717, 1.165) is 55.0 Å². The number of pyridine rings is 1. The molecule has 122 valence electrons. The summed E-state index contributed by atoms with van der Waals surface area (Å²) >= 11 is 0. The quantitative estimate of drug-likeness (QED) is 0.670. The van der Waals surface area contributed by atoms with E-state index in [1.165, 1.54) is 5.56 Å². The maximum absolute atomic E-state index is 4.61. The molecular formula is C19H21N5. The third kappa shape index (κ3) is 4.65. The van der Waals surface area contributed by atoms with Gasteiger partial charge in [-0.25, -0.2) is 9.97 Å². The van der Waals surface area contributed by atoms with Crippen molar-refractivity contribution >= 4 is 0 Å². The summed E-state index contributed by atoms with van der Waals surface area (Å²) in [6.45, 7) is 2.10. The number of nitrogens with zero attached hydrogens (tertiary/aromatic N) is 5. The molecule has 0 saturated heterocycles. The first kappa shape index (κ1) is 16.2. The summed E-state index contributed by atoms with van der Waals surface area (Å²) < 4.78 is 0. The molecule has 0 aliphatic carbocycles. The van der Waals surface area contributed by atoms with Crippen LogP contribution in [0.4, 0.5) is 0 Å². The lowest BCUT2D eigenvalue weighted by atomic mass is 10.1. The Balaban J connectivity index is 1.58. The topological polar surface area (TPSA) is 64.5 Å². The Morgan fingerprint density at radius 1 is 0.792 bits per heavy atom. The summed E-state index contributed by atoms with van der Waals surface area (Å²) in [5.41, 5.74) is 4.45. The smallest absolute Gasteiger partial charge is 0.128 e. The minimum absolute atomic E-state index is 0.807. The Morgan fingerprint density at radius 2 is 1.58 bits per heavy atom. The zero-order valence-electron chi connectivity index (χ0n) is 13.9. The van der Waals surface area contributed by atoms with Crippen LogP contribution in [-0.2, 0) is 32.1 Å². The molecule has 3 heterocycles. The van der Waals surface area contributed by atoms with Crippen LogP contribution in [0.5, 0.6) is 0 Å². The number of hydrogen-bond donors (Lipinski definition) is 0. The van der Waals surface area contributed by atoms with Gasteiger partial charge in [0.2, 0.25) is 0 Å². The Hall–Kier alpha value is -2.69. The van der Waals surface area contributed by atoms with Gasteiger partial charge in [-0.15, -0.1) is 0 Å². The van der Waals surface area contributed by atoms with E-state index >= 15 is 0 Å². The van der Waals surface area contributed by atoms with Crippen LogP contribution in [0.1, 0.15) is 35.4 Å². The van der Waals surface area contributed by atoms with Crippen molar-refractivity contribution in [3.63, 3.8) is 0 Å². The minimum Gasteiger partial charge on any atom is -0.261 e. The fourth-order valence-electron chi connectivity index (χ4n) is 2.53. The molecule has 5 nitrogen and oxygen atoms in total. The highest BCUT2D eigenvalue weighted by Gasteiger charge is 2.03. The van der Waals surface area contributed by atoms with Crippen molar-refractivity contribution in [1.29, 1.82) is 0 Å². The van der Waals surface area contributed by atoms with Crippen LogP contribution in [0.25, 0.3) is 0 Å². The van der Waals surface area contributed by atoms with E-state index in [-0.39, 0.29) is 0 Å². The molecule has 0 fully saturated rings. The van der Waals surface area contributed by atoms with Gasteiger partial charge in [-0.05, 0) is 49.4 Å². The molecule has 0 aromatic carbocycles. The van der Waals surface area contributed by atoms with Gasteiger partial charge in [-0.1, -0.05) is 6.92 Å². The molecule has 3 rings (SSSR count). The van der Waals surface area contributed by atoms with Gasteiger partial charge in [0.15, 0.2) is 0 Å². The van der Waals surface area contributed by atoms with Crippen molar-refractivity contribution < 1.29 is 0 Å². The SMILES string of the molecule is CCc1cncc(CCc2ccnc(CCc3ncccn3)c2)n1. The maximum Gasteiger partial charge on any atom is 0.128 e. The average Bonchev–Trinajstić information content (AvgIpc) is 2.66. The number of aryl methyl sites for hydroxylation is 5. The van der Waals surface area contributed by atoms with Gasteiger partial charge < -0.3 is 0 Å². The molecule has 0 spiro atoms. The van der Waals surface area contributed by atoms with E-state index < -0.39 is 0 Å². The normalized spacial score (nSPS) is 10.7. The highest BCUT2D eigenvalue weighted by Crippen LogP contribution is 2.09. The van der Waals surface area contributed by atoms with Crippen LogP contribution in [0, 0.1) is 0 Å². The van der Waals surface area contributed by atoms with E-state index in [9.17, 15) is 0 Å². The second-order valence-electron chi connectivity index (χ2n) is 5.68. The molecule has 0 saturated carbocycles. The monoisotopic (exact) mass is 319 g/mol. The molecule has 0 unspecified atom stereocenters. The molecule has 0 N–H and O–H groups in total. The van der Waals surface area contributed by atoms with Crippen LogP contribution in [0.3, 0.4) is 0 Å². The summed E-state index contributed by atoms with van der Waals surface area (Å²) in [6.07, 6.45) is 13.5. The zero-order chi connectivity index (χ0) is 16.6. The molecule has 24 heavy (non-hydrogen) atoms. The summed E-state index contributed by atoms with van der Waals surface area (Å²) in [5, 5.41) is 0. The van der Waals surface area contributed by atoms with Gasteiger partial charge >= 0.3 is 0 Å². The fraction of sp³-hybridized carbons (Fsp3) is 0.316. The largest absolute Gasteiger partial charge is 0.261 e. The van der Waals surface area contributed by atoms with E-state index in [1.54, 1.807) is 12.4 Å². The lowest BCUT2D eigenvalue weighted by Crippen LogP contribution is -2.01. The van der Waals surface area contributed by atoms with Crippen molar-refractivity contribution in [3.8, 4) is 0 Å². The average molecular weight is 319 g/mol. The third-order valence-corrected chi connectivity index (χ3v) is 3.87. The molecule has 0 bridgehead atoms. The number of hydrogen-bond acceptors (Lipinski definition) is 5.